The first-order valence-corrected chi connectivity index (χ1v) is 9.56. The number of methoxy groups -OCH3 is 1. The molecular formula is C21H27N3O4. The molecule has 0 saturated carbocycles. The summed E-state index contributed by atoms with van der Waals surface area (Å²) in [6.07, 6.45) is 2.17. The minimum absolute atomic E-state index is 0.00272. The molecule has 0 bridgehead atoms. The molecule has 1 aliphatic rings. The number of nitrogens with one attached hydrogen (secondary N) is 1. The molecular weight excluding hydrogens is 358 g/mol. The number of benzene rings is 1. The number of nitrogens with zero attached hydrogens (tertiary/aromatic N) is 2. The second kappa shape index (κ2) is 9.01. The molecule has 1 unspecified atom stereocenters. The van der Waals surface area contributed by atoms with Crippen molar-refractivity contribution in [2.45, 2.75) is 45.8 Å². The summed E-state index contributed by atoms with van der Waals surface area (Å²) in [6.45, 7) is 5.11. The molecule has 1 N–H and O–H groups in total. The lowest BCUT2D eigenvalue weighted by atomic mass is 10.1. The number of carbonyl (C=O) groups excluding carboxylic acids is 2. The number of oxazole rings is 1. The van der Waals surface area contributed by atoms with Gasteiger partial charge in [-0.15, -0.1) is 0 Å². The van der Waals surface area contributed by atoms with Crippen molar-refractivity contribution in [3.63, 3.8) is 0 Å². The molecule has 3 rings (SSSR count). The molecule has 2 heterocycles. The number of rotatable bonds is 7. The largest absolute Gasteiger partial charge is 0.436 e. The number of aryl methyl sites for hydroxylation is 2. The van der Waals surface area contributed by atoms with Gasteiger partial charge in [0.25, 0.3) is 5.91 Å². The summed E-state index contributed by atoms with van der Waals surface area (Å²) in [4.78, 5) is 31.2. The molecule has 1 saturated heterocycles. The molecule has 2 aromatic rings. The van der Waals surface area contributed by atoms with Gasteiger partial charge in [0.15, 0.2) is 5.89 Å². The van der Waals surface area contributed by atoms with Gasteiger partial charge in [0.2, 0.25) is 11.7 Å². The predicted molar refractivity (Wildman–Crippen MR) is 104 cm³/mol. The van der Waals surface area contributed by atoms with Crippen LogP contribution >= 0.6 is 0 Å². The number of ether oxygens (including phenoxy) is 1. The number of likely N-dealkylation sites (tertiary alicyclic amines) is 1. The van der Waals surface area contributed by atoms with Crippen molar-refractivity contribution in [3.8, 4) is 0 Å². The lowest BCUT2D eigenvalue weighted by molar-refractivity contribution is -0.131. The molecule has 1 aromatic carbocycles. The molecule has 150 valence electrons. The van der Waals surface area contributed by atoms with Crippen LogP contribution in [0.2, 0.25) is 0 Å². The Labute approximate surface area is 165 Å². The van der Waals surface area contributed by atoms with E-state index in [-0.39, 0.29) is 23.6 Å². The quantitative estimate of drug-likeness (QED) is 0.791. The maximum atomic E-state index is 12.8. The van der Waals surface area contributed by atoms with Gasteiger partial charge in [-0.05, 0) is 30.9 Å². The van der Waals surface area contributed by atoms with Gasteiger partial charge < -0.3 is 19.4 Å². The van der Waals surface area contributed by atoms with Crippen molar-refractivity contribution in [2.75, 3.05) is 20.2 Å². The van der Waals surface area contributed by atoms with E-state index in [0.717, 1.165) is 30.5 Å². The average molecular weight is 385 g/mol. The van der Waals surface area contributed by atoms with E-state index in [1.807, 2.05) is 29.2 Å². The normalized spacial score (nSPS) is 16.4. The van der Waals surface area contributed by atoms with E-state index in [0.29, 0.717) is 31.2 Å². The SMILES string of the molecule is COCc1cccc(CC(=O)N2CCCC2CNC(=O)c2oc(C)nc2C)c1. The Morgan fingerprint density at radius 1 is 1.32 bits per heavy atom. The van der Waals surface area contributed by atoms with Crippen LogP contribution in [-0.2, 0) is 22.6 Å². The highest BCUT2D eigenvalue weighted by Gasteiger charge is 2.29. The van der Waals surface area contributed by atoms with Crippen LogP contribution < -0.4 is 5.32 Å². The van der Waals surface area contributed by atoms with Crippen molar-refractivity contribution in [3.05, 3.63) is 52.7 Å². The maximum absolute atomic E-state index is 12.8. The summed E-state index contributed by atoms with van der Waals surface area (Å²) in [5, 5.41) is 2.89. The highest BCUT2D eigenvalue weighted by Crippen LogP contribution is 2.19. The Hall–Kier alpha value is -2.67. The molecule has 28 heavy (non-hydrogen) atoms. The van der Waals surface area contributed by atoms with Crippen molar-refractivity contribution >= 4 is 11.8 Å². The molecule has 1 atom stereocenters. The van der Waals surface area contributed by atoms with Crippen LogP contribution in [0.3, 0.4) is 0 Å². The van der Waals surface area contributed by atoms with E-state index in [1.165, 1.54) is 0 Å². The third kappa shape index (κ3) is 4.78. The summed E-state index contributed by atoms with van der Waals surface area (Å²) >= 11 is 0. The Morgan fingerprint density at radius 3 is 2.82 bits per heavy atom. The second-order valence-corrected chi connectivity index (χ2v) is 7.17. The molecule has 1 aromatic heterocycles. The molecule has 0 radical (unpaired) electrons. The second-order valence-electron chi connectivity index (χ2n) is 7.17. The van der Waals surface area contributed by atoms with Gasteiger partial charge in [-0.3, -0.25) is 9.59 Å². The molecule has 0 spiro atoms. The summed E-state index contributed by atoms with van der Waals surface area (Å²) in [7, 11) is 1.66. The monoisotopic (exact) mass is 385 g/mol. The number of carbonyl (C=O) groups is 2. The lowest BCUT2D eigenvalue weighted by Crippen LogP contribution is -2.43. The van der Waals surface area contributed by atoms with Crippen LogP contribution in [0.15, 0.2) is 28.7 Å². The smallest absolute Gasteiger partial charge is 0.289 e. The van der Waals surface area contributed by atoms with E-state index >= 15 is 0 Å². The lowest BCUT2D eigenvalue weighted by Gasteiger charge is -2.25. The molecule has 0 aliphatic carbocycles. The number of aromatic nitrogens is 1. The van der Waals surface area contributed by atoms with Crippen LogP contribution in [0.25, 0.3) is 0 Å². The zero-order chi connectivity index (χ0) is 20.1. The number of hydrogen-bond donors (Lipinski definition) is 1. The summed E-state index contributed by atoms with van der Waals surface area (Å²) in [6, 6.07) is 7.89. The van der Waals surface area contributed by atoms with Gasteiger partial charge in [-0.25, -0.2) is 4.98 Å². The first-order valence-electron chi connectivity index (χ1n) is 9.56. The van der Waals surface area contributed by atoms with Crippen LogP contribution in [0, 0.1) is 13.8 Å². The minimum Gasteiger partial charge on any atom is -0.436 e. The van der Waals surface area contributed by atoms with Crippen molar-refractivity contribution in [2.24, 2.45) is 0 Å². The topological polar surface area (TPSA) is 84.7 Å². The third-order valence-corrected chi connectivity index (χ3v) is 4.96. The van der Waals surface area contributed by atoms with E-state index in [9.17, 15) is 9.59 Å². The van der Waals surface area contributed by atoms with E-state index in [1.54, 1.807) is 21.0 Å². The van der Waals surface area contributed by atoms with Gasteiger partial charge >= 0.3 is 0 Å². The van der Waals surface area contributed by atoms with Gasteiger partial charge in [-0.2, -0.15) is 0 Å². The summed E-state index contributed by atoms with van der Waals surface area (Å²) in [5.74, 6) is 0.502. The molecule has 2 amide bonds. The highest BCUT2D eigenvalue weighted by atomic mass is 16.5. The Bertz CT molecular complexity index is 846. The number of hydrogen-bond acceptors (Lipinski definition) is 5. The van der Waals surface area contributed by atoms with Crippen LogP contribution in [0.4, 0.5) is 0 Å². The van der Waals surface area contributed by atoms with Crippen molar-refractivity contribution in [1.29, 1.82) is 0 Å². The minimum atomic E-state index is -0.287. The fourth-order valence-electron chi connectivity index (χ4n) is 3.68. The van der Waals surface area contributed by atoms with Crippen molar-refractivity contribution < 1.29 is 18.7 Å². The summed E-state index contributed by atoms with van der Waals surface area (Å²) < 4.78 is 10.5. The molecule has 1 aliphatic heterocycles. The van der Waals surface area contributed by atoms with Crippen LogP contribution in [-0.4, -0.2) is 47.9 Å². The standard InChI is InChI=1S/C21H27N3O4/c1-14-20(28-15(2)23-14)21(26)22-12-18-8-5-9-24(18)19(25)11-16-6-4-7-17(10-16)13-27-3/h4,6-7,10,18H,5,8-9,11-13H2,1-3H3,(H,22,26). The van der Waals surface area contributed by atoms with Crippen molar-refractivity contribution in [1.82, 2.24) is 15.2 Å². The Balaban J connectivity index is 1.58. The van der Waals surface area contributed by atoms with E-state index in [4.69, 9.17) is 9.15 Å². The maximum Gasteiger partial charge on any atom is 0.289 e. The van der Waals surface area contributed by atoms with Gasteiger partial charge in [0, 0.05) is 33.2 Å². The fourth-order valence-corrected chi connectivity index (χ4v) is 3.68. The summed E-state index contributed by atoms with van der Waals surface area (Å²) in [5.41, 5.74) is 2.60. The fraction of sp³-hybridized carbons (Fsp3) is 0.476. The molecule has 7 heteroatoms. The molecule has 7 nitrogen and oxygen atoms in total. The molecule has 1 fully saturated rings. The van der Waals surface area contributed by atoms with Crippen LogP contribution in [0.5, 0.6) is 0 Å². The zero-order valence-electron chi connectivity index (χ0n) is 16.7. The average Bonchev–Trinajstić information content (AvgIpc) is 3.26. The first-order chi connectivity index (χ1) is 13.5. The van der Waals surface area contributed by atoms with Gasteiger partial charge in [0.1, 0.15) is 0 Å². The van der Waals surface area contributed by atoms with Gasteiger partial charge in [-0.1, -0.05) is 24.3 Å². The zero-order valence-corrected chi connectivity index (χ0v) is 16.7. The van der Waals surface area contributed by atoms with Gasteiger partial charge in [0.05, 0.1) is 18.7 Å². The van der Waals surface area contributed by atoms with Crippen LogP contribution in [0.1, 0.15) is 46.1 Å². The predicted octanol–water partition coefficient (Wildman–Crippen LogP) is 2.40. The third-order valence-electron chi connectivity index (χ3n) is 4.96. The number of amides is 2. The van der Waals surface area contributed by atoms with E-state index in [2.05, 4.69) is 10.3 Å². The Morgan fingerprint density at radius 2 is 2.11 bits per heavy atom. The highest BCUT2D eigenvalue weighted by molar-refractivity contribution is 5.92. The first kappa shape index (κ1) is 20.1. The van der Waals surface area contributed by atoms with E-state index < -0.39 is 0 Å². The Kier molecular flexibility index (Phi) is 6.46.